The predicted molar refractivity (Wildman–Crippen MR) is 96.4 cm³/mol. The van der Waals surface area contributed by atoms with Crippen molar-refractivity contribution < 1.29 is 19.2 Å². The maximum atomic E-state index is 12.5. The minimum Gasteiger partial charge on any atom is -0.368 e. The zero-order valence-corrected chi connectivity index (χ0v) is 15.0. The van der Waals surface area contributed by atoms with Gasteiger partial charge in [-0.15, -0.1) is 0 Å². The van der Waals surface area contributed by atoms with Crippen LogP contribution in [0.15, 0.2) is 42.1 Å². The van der Waals surface area contributed by atoms with Gasteiger partial charge in [0.2, 0.25) is 17.7 Å². The van der Waals surface area contributed by atoms with Crippen molar-refractivity contribution >= 4 is 23.6 Å². The molecule has 1 aromatic rings. The molecule has 0 spiro atoms. The van der Waals surface area contributed by atoms with Crippen LogP contribution in [0.2, 0.25) is 0 Å². The highest BCUT2D eigenvalue weighted by Gasteiger charge is 2.23. The quantitative estimate of drug-likeness (QED) is 0.476. The van der Waals surface area contributed by atoms with E-state index in [1.165, 1.54) is 19.9 Å². The van der Waals surface area contributed by atoms with Crippen LogP contribution < -0.4 is 21.7 Å². The summed E-state index contributed by atoms with van der Waals surface area (Å²) in [6, 6.07) is 7.43. The van der Waals surface area contributed by atoms with E-state index >= 15 is 0 Å². The van der Waals surface area contributed by atoms with Crippen LogP contribution in [0.25, 0.3) is 0 Å². The Bertz CT molecular complexity index is 700. The van der Waals surface area contributed by atoms with Gasteiger partial charge in [-0.3, -0.25) is 19.2 Å². The molecule has 5 N–H and O–H groups in total. The maximum Gasteiger partial charge on any atom is 0.268 e. The monoisotopic (exact) mass is 360 g/mol. The molecule has 0 heterocycles. The van der Waals surface area contributed by atoms with Gasteiger partial charge in [-0.25, -0.2) is 0 Å². The topological polar surface area (TPSA) is 130 Å². The molecule has 0 aliphatic carbocycles. The summed E-state index contributed by atoms with van der Waals surface area (Å²) in [5.74, 6) is -2.25. The fourth-order valence-electron chi connectivity index (χ4n) is 2.13. The third kappa shape index (κ3) is 6.76. The summed E-state index contributed by atoms with van der Waals surface area (Å²) >= 11 is 0. The Balaban J connectivity index is 2.84. The number of hydrogen-bond donors (Lipinski definition) is 4. The molecule has 1 aromatic carbocycles. The minimum atomic E-state index is -0.884. The molecule has 0 aromatic heterocycles. The zero-order valence-electron chi connectivity index (χ0n) is 15.0. The number of nitrogens with one attached hydrogen (secondary N) is 3. The molecule has 140 valence electrons. The van der Waals surface area contributed by atoms with Crippen LogP contribution in [0.1, 0.15) is 26.3 Å². The van der Waals surface area contributed by atoms with Gasteiger partial charge in [0.15, 0.2) is 0 Å². The number of primary amides is 1. The average molecular weight is 360 g/mol. The van der Waals surface area contributed by atoms with E-state index in [2.05, 4.69) is 16.0 Å². The highest BCUT2D eigenvalue weighted by Crippen LogP contribution is 2.05. The molecule has 0 radical (unpaired) electrons. The number of benzene rings is 1. The van der Waals surface area contributed by atoms with Crippen LogP contribution >= 0.6 is 0 Å². The minimum absolute atomic E-state index is 0.0356. The Morgan fingerprint density at radius 2 is 1.73 bits per heavy atom. The van der Waals surface area contributed by atoms with E-state index in [1.807, 2.05) is 30.3 Å². The van der Waals surface area contributed by atoms with Crippen LogP contribution in [0.5, 0.6) is 0 Å². The first kappa shape index (κ1) is 20.9. The lowest BCUT2D eigenvalue weighted by Crippen LogP contribution is -2.50. The van der Waals surface area contributed by atoms with E-state index in [4.69, 9.17) is 5.73 Å². The molecule has 0 saturated carbocycles. The molecule has 0 bridgehead atoms. The summed E-state index contributed by atoms with van der Waals surface area (Å²) in [6.45, 7) is 4.31. The highest BCUT2D eigenvalue weighted by atomic mass is 16.2. The van der Waals surface area contributed by atoms with Crippen LogP contribution in [0.4, 0.5) is 0 Å². The Morgan fingerprint density at radius 3 is 2.23 bits per heavy atom. The van der Waals surface area contributed by atoms with Crippen molar-refractivity contribution in [2.24, 2.45) is 5.73 Å². The molecule has 0 saturated heterocycles. The van der Waals surface area contributed by atoms with Gasteiger partial charge in [-0.05, 0) is 19.4 Å². The molecule has 26 heavy (non-hydrogen) atoms. The molecule has 8 nitrogen and oxygen atoms in total. The average Bonchev–Trinajstić information content (AvgIpc) is 2.59. The Kier molecular flexibility index (Phi) is 8.01. The van der Waals surface area contributed by atoms with Gasteiger partial charge < -0.3 is 21.7 Å². The van der Waals surface area contributed by atoms with E-state index in [1.54, 1.807) is 6.92 Å². The van der Waals surface area contributed by atoms with Gasteiger partial charge in [0, 0.05) is 13.3 Å². The summed E-state index contributed by atoms with van der Waals surface area (Å²) in [6.07, 6.45) is 1.66. The van der Waals surface area contributed by atoms with E-state index in [0.29, 0.717) is 0 Å². The van der Waals surface area contributed by atoms with E-state index in [0.717, 1.165) is 5.56 Å². The van der Waals surface area contributed by atoms with Crippen molar-refractivity contribution in [2.75, 3.05) is 0 Å². The lowest BCUT2D eigenvalue weighted by atomic mass is 10.0. The number of carbonyl (C=O) groups excluding carboxylic acids is 4. The summed E-state index contributed by atoms with van der Waals surface area (Å²) in [7, 11) is 0. The van der Waals surface area contributed by atoms with Gasteiger partial charge in [0.1, 0.15) is 17.8 Å². The van der Waals surface area contributed by atoms with Gasteiger partial charge in [0.05, 0.1) is 0 Å². The number of amides is 4. The molecule has 8 heteroatoms. The predicted octanol–water partition coefficient (Wildman–Crippen LogP) is -0.256. The second-order valence-electron chi connectivity index (χ2n) is 5.73. The van der Waals surface area contributed by atoms with Crippen molar-refractivity contribution in [2.45, 2.75) is 39.3 Å². The third-order valence-electron chi connectivity index (χ3n) is 3.54. The SMILES string of the molecule is C/C=C(\NC(=O)[C@H](Cc1ccccc1)NC(C)=O)C(=O)N[C@@H](C)C(N)=O. The fourth-order valence-corrected chi connectivity index (χ4v) is 2.13. The van der Waals surface area contributed by atoms with E-state index in [-0.39, 0.29) is 18.0 Å². The molecular weight excluding hydrogens is 336 g/mol. The molecule has 4 amide bonds. The maximum absolute atomic E-state index is 12.5. The second kappa shape index (κ2) is 9.97. The van der Waals surface area contributed by atoms with E-state index < -0.39 is 29.8 Å². The zero-order chi connectivity index (χ0) is 19.7. The number of nitrogens with two attached hydrogens (primary N) is 1. The lowest BCUT2D eigenvalue weighted by Gasteiger charge is -2.19. The van der Waals surface area contributed by atoms with Gasteiger partial charge in [-0.1, -0.05) is 36.4 Å². The Labute approximate surface area is 152 Å². The van der Waals surface area contributed by atoms with Gasteiger partial charge >= 0.3 is 0 Å². The number of rotatable bonds is 8. The van der Waals surface area contributed by atoms with Crippen molar-refractivity contribution in [1.29, 1.82) is 0 Å². The normalized spacial score (nSPS) is 13.3. The molecule has 1 rings (SSSR count). The standard InChI is InChI=1S/C18H24N4O4/c1-4-14(17(25)20-11(2)16(19)24)22-18(26)15(21-12(3)23)10-13-8-6-5-7-9-13/h4-9,11,15H,10H2,1-3H3,(H2,19,24)(H,20,25)(H,21,23)(H,22,26)/b14-4-/t11-,15-/m0/s1. The summed E-state index contributed by atoms with van der Waals surface area (Å²) in [4.78, 5) is 47.2. The van der Waals surface area contributed by atoms with Crippen molar-refractivity contribution in [3.8, 4) is 0 Å². The fraction of sp³-hybridized carbons (Fsp3) is 0.333. The third-order valence-corrected chi connectivity index (χ3v) is 3.54. The molecule has 2 atom stereocenters. The van der Waals surface area contributed by atoms with Crippen molar-refractivity contribution in [3.63, 3.8) is 0 Å². The van der Waals surface area contributed by atoms with E-state index in [9.17, 15) is 19.2 Å². The van der Waals surface area contributed by atoms with Crippen molar-refractivity contribution in [1.82, 2.24) is 16.0 Å². The van der Waals surface area contributed by atoms with Gasteiger partial charge in [0.25, 0.3) is 5.91 Å². The van der Waals surface area contributed by atoms with Crippen LogP contribution in [-0.2, 0) is 25.6 Å². The first-order chi connectivity index (χ1) is 12.2. The Hall–Kier alpha value is -3.16. The molecule has 0 aliphatic heterocycles. The second-order valence-corrected chi connectivity index (χ2v) is 5.73. The van der Waals surface area contributed by atoms with Crippen LogP contribution in [0.3, 0.4) is 0 Å². The first-order valence-electron chi connectivity index (χ1n) is 8.13. The first-order valence-corrected chi connectivity index (χ1v) is 8.13. The number of allylic oxidation sites excluding steroid dienone is 1. The largest absolute Gasteiger partial charge is 0.368 e. The summed E-state index contributed by atoms with van der Waals surface area (Å²) < 4.78 is 0. The molecule has 0 fully saturated rings. The number of carbonyl (C=O) groups is 4. The smallest absolute Gasteiger partial charge is 0.268 e. The lowest BCUT2D eigenvalue weighted by molar-refractivity contribution is -0.129. The molecular formula is C18H24N4O4. The van der Waals surface area contributed by atoms with Crippen LogP contribution in [-0.4, -0.2) is 35.7 Å². The number of hydrogen-bond acceptors (Lipinski definition) is 4. The summed E-state index contributed by atoms with van der Waals surface area (Å²) in [5, 5.41) is 7.43. The van der Waals surface area contributed by atoms with Crippen molar-refractivity contribution in [3.05, 3.63) is 47.7 Å². The van der Waals surface area contributed by atoms with Gasteiger partial charge in [-0.2, -0.15) is 0 Å². The summed E-state index contributed by atoms with van der Waals surface area (Å²) in [5.41, 5.74) is 5.93. The highest BCUT2D eigenvalue weighted by molar-refractivity contribution is 6.00. The van der Waals surface area contributed by atoms with Crippen LogP contribution in [0, 0.1) is 0 Å². The molecule has 0 aliphatic rings. The Morgan fingerprint density at radius 1 is 1.12 bits per heavy atom. The molecule has 0 unspecified atom stereocenters.